The molecule has 1 N–H and O–H groups in total. The van der Waals surface area contributed by atoms with Crippen LogP contribution in [0.15, 0.2) is 18.3 Å². The molecule has 0 aliphatic carbocycles. The zero-order chi connectivity index (χ0) is 13.8. The lowest BCUT2D eigenvalue weighted by molar-refractivity contribution is 0.0724. The lowest BCUT2D eigenvalue weighted by Gasteiger charge is -2.27. The average Bonchev–Trinajstić information content (AvgIpc) is 2.56. The zero-order valence-electron chi connectivity index (χ0n) is 12.0. The molecule has 1 aromatic rings. The van der Waals surface area contributed by atoms with Crippen LogP contribution in [0.25, 0.3) is 0 Å². The van der Waals surface area contributed by atoms with E-state index in [4.69, 9.17) is 0 Å². The molecule has 1 aromatic heterocycles. The maximum absolute atomic E-state index is 12.4. The van der Waals surface area contributed by atoms with Crippen molar-refractivity contribution in [1.82, 2.24) is 15.2 Å². The summed E-state index contributed by atoms with van der Waals surface area (Å²) in [7, 11) is 0. The minimum atomic E-state index is 0.147. The van der Waals surface area contributed by atoms with Gasteiger partial charge in [-0.25, -0.2) is 0 Å². The molecule has 0 unspecified atom stereocenters. The fraction of sp³-hybridized carbons (Fsp3) is 0.625. The monoisotopic (exact) mass is 273 g/mol. The first kappa shape index (κ1) is 13.6. The summed E-state index contributed by atoms with van der Waals surface area (Å²) in [4.78, 5) is 18.9. The number of piperidine rings is 2. The van der Waals surface area contributed by atoms with E-state index in [0.29, 0.717) is 5.92 Å². The lowest BCUT2D eigenvalue weighted by atomic mass is 9.94. The van der Waals surface area contributed by atoms with Crippen LogP contribution in [0, 0.1) is 0 Å². The maximum atomic E-state index is 12.4. The molecule has 0 spiro atoms. The number of nitrogens with zero attached hydrogens (tertiary/aromatic N) is 2. The van der Waals surface area contributed by atoms with E-state index in [9.17, 15) is 4.79 Å². The molecule has 4 nitrogen and oxygen atoms in total. The van der Waals surface area contributed by atoms with Crippen LogP contribution in [0.3, 0.4) is 0 Å². The number of nitrogens with one attached hydrogen (secondary N) is 1. The van der Waals surface area contributed by atoms with Gasteiger partial charge in [0.1, 0.15) is 0 Å². The molecule has 2 aliphatic rings. The summed E-state index contributed by atoms with van der Waals surface area (Å²) in [5, 5.41) is 3.37. The Labute approximate surface area is 120 Å². The van der Waals surface area contributed by atoms with Crippen molar-refractivity contribution < 1.29 is 4.79 Å². The summed E-state index contributed by atoms with van der Waals surface area (Å²) in [5.74, 6) is 0.699. The Morgan fingerprint density at radius 1 is 1.15 bits per heavy atom. The molecular formula is C16H23N3O. The van der Waals surface area contributed by atoms with Crippen LogP contribution in [0.1, 0.15) is 54.1 Å². The van der Waals surface area contributed by atoms with Gasteiger partial charge in [0, 0.05) is 30.9 Å². The van der Waals surface area contributed by atoms with Crippen molar-refractivity contribution in [2.24, 2.45) is 0 Å². The van der Waals surface area contributed by atoms with E-state index >= 15 is 0 Å². The number of hydrogen-bond donors (Lipinski definition) is 1. The van der Waals surface area contributed by atoms with Gasteiger partial charge in [0.05, 0.1) is 5.56 Å². The van der Waals surface area contributed by atoms with E-state index in [-0.39, 0.29) is 5.91 Å². The van der Waals surface area contributed by atoms with Gasteiger partial charge in [-0.1, -0.05) is 0 Å². The molecule has 1 amide bonds. The van der Waals surface area contributed by atoms with Gasteiger partial charge in [0.2, 0.25) is 0 Å². The lowest BCUT2D eigenvalue weighted by Crippen LogP contribution is -2.35. The molecule has 4 heteroatoms. The number of amides is 1. The fourth-order valence-corrected chi connectivity index (χ4v) is 3.17. The molecule has 0 aromatic carbocycles. The maximum Gasteiger partial charge on any atom is 0.255 e. The molecule has 20 heavy (non-hydrogen) atoms. The van der Waals surface area contributed by atoms with E-state index in [2.05, 4.69) is 10.3 Å². The van der Waals surface area contributed by atoms with Crippen LogP contribution >= 0.6 is 0 Å². The van der Waals surface area contributed by atoms with Gasteiger partial charge in [-0.3, -0.25) is 9.78 Å². The second-order valence-electron chi connectivity index (χ2n) is 5.85. The van der Waals surface area contributed by atoms with E-state index in [0.717, 1.165) is 63.1 Å². The summed E-state index contributed by atoms with van der Waals surface area (Å²) in [6.45, 7) is 3.94. The highest BCUT2D eigenvalue weighted by Gasteiger charge is 2.20. The normalized spacial score (nSPS) is 20.9. The average molecular weight is 273 g/mol. The molecule has 3 heterocycles. The van der Waals surface area contributed by atoms with Gasteiger partial charge in [-0.2, -0.15) is 0 Å². The summed E-state index contributed by atoms with van der Waals surface area (Å²) in [6.07, 6.45) is 7.57. The van der Waals surface area contributed by atoms with Crippen molar-refractivity contribution in [3.8, 4) is 0 Å². The third-order valence-electron chi connectivity index (χ3n) is 4.43. The Bertz CT molecular complexity index is 445. The Balaban J connectivity index is 1.67. The molecule has 0 radical (unpaired) electrons. The van der Waals surface area contributed by atoms with Crippen molar-refractivity contribution in [1.29, 1.82) is 0 Å². The highest BCUT2D eigenvalue weighted by molar-refractivity contribution is 5.93. The SMILES string of the molecule is O=C(c1ccc(C2CCNCC2)nc1)N1CCCCC1. The molecular weight excluding hydrogens is 250 g/mol. The summed E-state index contributed by atoms with van der Waals surface area (Å²) < 4.78 is 0. The Hall–Kier alpha value is -1.42. The van der Waals surface area contributed by atoms with Crippen molar-refractivity contribution in [2.45, 2.75) is 38.0 Å². The molecule has 108 valence electrons. The van der Waals surface area contributed by atoms with Crippen LogP contribution in [0.4, 0.5) is 0 Å². The number of hydrogen-bond acceptors (Lipinski definition) is 3. The third kappa shape index (κ3) is 3.01. The minimum Gasteiger partial charge on any atom is -0.339 e. The van der Waals surface area contributed by atoms with E-state index in [1.165, 1.54) is 6.42 Å². The third-order valence-corrected chi connectivity index (χ3v) is 4.43. The van der Waals surface area contributed by atoms with Crippen LogP contribution in [-0.2, 0) is 0 Å². The largest absolute Gasteiger partial charge is 0.339 e. The molecule has 2 fully saturated rings. The van der Waals surface area contributed by atoms with Gasteiger partial charge in [-0.15, -0.1) is 0 Å². The number of carbonyl (C=O) groups is 1. The molecule has 2 saturated heterocycles. The summed E-state index contributed by atoms with van der Waals surface area (Å²) in [6, 6.07) is 4.01. The number of rotatable bonds is 2. The molecule has 0 saturated carbocycles. The Kier molecular flexibility index (Phi) is 4.31. The van der Waals surface area contributed by atoms with Crippen molar-refractivity contribution >= 4 is 5.91 Å². The zero-order valence-corrected chi connectivity index (χ0v) is 12.0. The van der Waals surface area contributed by atoms with Gasteiger partial charge < -0.3 is 10.2 Å². The molecule has 3 rings (SSSR count). The quantitative estimate of drug-likeness (QED) is 0.898. The second kappa shape index (κ2) is 6.35. The summed E-state index contributed by atoms with van der Waals surface area (Å²) >= 11 is 0. The minimum absolute atomic E-state index is 0.147. The first-order valence-corrected chi connectivity index (χ1v) is 7.80. The molecule has 0 atom stereocenters. The van der Waals surface area contributed by atoms with Crippen molar-refractivity contribution in [3.05, 3.63) is 29.6 Å². The van der Waals surface area contributed by atoms with E-state index in [1.54, 1.807) is 6.20 Å². The van der Waals surface area contributed by atoms with Crippen molar-refractivity contribution in [2.75, 3.05) is 26.2 Å². The Morgan fingerprint density at radius 3 is 2.55 bits per heavy atom. The van der Waals surface area contributed by atoms with E-state index < -0.39 is 0 Å². The predicted molar refractivity (Wildman–Crippen MR) is 78.8 cm³/mol. The molecule has 0 bridgehead atoms. The smallest absolute Gasteiger partial charge is 0.255 e. The Morgan fingerprint density at radius 2 is 1.90 bits per heavy atom. The predicted octanol–water partition coefficient (Wildman–Crippen LogP) is 2.17. The number of likely N-dealkylation sites (tertiary alicyclic amines) is 1. The second-order valence-corrected chi connectivity index (χ2v) is 5.85. The highest BCUT2D eigenvalue weighted by atomic mass is 16.2. The van der Waals surface area contributed by atoms with Gasteiger partial charge >= 0.3 is 0 Å². The van der Waals surface area contributed by atoms with Crippen LogP contribution in [-0.4, -0.2) is 42.0 Å². The first-order valence-electron chi connectivity index (χ1n) is 7.80. The van der Waals surface area contributed by atoms with Gasteiger partial charge in [-0.05, 0) is 57.3 Å². The standard InChI is InChI=1S/C16H23N3O/c20-16(19-10-2-1-3-11-19)14-4-5-15(18-12-14)13-6-8-17-9-7-13/h4-5,12-13,17H,1-3,6-11H2. The van der Waals surface area contributed by atoms with Gasteiger partial charge in [0.25, 0.3) is 5.91 Å². The van der Waals surface area contributed by atoms with Crippen LogP contribution < -0.4 is 5.32 Å². The molecule has 2 aliphatic heterocycles. The topological polar surface area (TPSA) is 45.2 Å². The van der Waals surface area contributed by atoms with Crippen LogP contribution in [0.5, 0.6) is 0 Å². The fourth-order valence-electron chi connectivity index (χ4n) is 3.17. The first-order chi connectivity index (χ1) is 9.84. The van der Waals surface area contributed by atoms with Crippen LogP contribution in [0.2, 0.25) is 0 Å². The number of carbonyl (C=O) groups excluding carboxylic acids is 1. The number of aromatic nitrogens is 1. The van der Waals surface area contributed by atoms with E-state index in [1.807, 2.05) is 17.0 Å². The highest BCUT2D eigenvalue weighted by Crippen LogP contribution is 2.23. The summed E-state index contributed by atoms with van der Waals surface area (Å²) in [5.41, 5.74) is 1.88. The number of pyridine rings is 1. The van der Waals surface area contributed by atoms with Crippen molar-refractivity contribution in [3.63, 3.8) is 0 Å². The van der Waals surface area contributed by atoms with Gasteiger partial charge in [0.15, 0.2) is 0 Å².